The Morgan fingerprint density at radius 3 is 2.71 bits per heavy atom. The van der Waals surface area contributed by atoms with Crippen molar-refractivity contribution in [1.29, 1.82) is 0 Å². The molecule has 6 nitrogen and oxygen atoms in total. The topological polar surface area (TPSA) is 54.6 Å². The minimum Gasteiger partial charge on any atom is -0.485 e. The number of anilines is 1. The summed E-state index contributed by atoms with van der Waals surface area (Å²) >= 11 is 0. The number of para-hydroxylation sites is 2. The summed E-state index contributed by atoms with van der Waals surface area (Å²) in [4.78, 5) is 9.07. The molecule has 0 radical (unpaired) electrons. The molecule has 1 unspecified atom stereocenters. The maximum atomic E-state index is 6.21. The second kappa shape index (κ2) is 8.44. The lowest BCUT2D eigenvalue weighted by atomic mass is 10.1. The van der Waals surface area contributed by atoms with Crippen molar-refractivity contribution in [2.75, 3.05) is 31.6 Å². The van der Waals surface area contributed by atoms with Crippen molar-refractivity contribution in [3.63, 3.8) is 0 Å². The van der Waals surface area contributed by atoms with Crippen LogP contribution in [0.4, 0.5) is 5.69 Å². The smallest absolute Gasteiger partial charge is 0.240 e. The molecule has 146 valence electrons. The first-order chi connectivity index (χ1) is 13.7. The van der Waals surface area contributed by atoms with E-state index in [-0.39, 0.29) is 6.10 Å². The fourth-order valence-electron chi connectivity index (χ4n) is 3.62. The van der Waals surface area contributed by atoms with Gasteiger partial charge in [0.2, 0.25) is 5.89 Å². The highest BCUT2D eigenvalue weighted by Gasteiger charge is 2.25. The first-order valence-electron chi connectivity index (χ1n) is 9.76. The van der Waals surface area contributed by atoms with E-state index in [0.29, 0.717) is 18.9 Å². The summed E-state index contributed by atoms with van der Waals surface area (Å²) in [5, 5.41) is 4.11. The number of hydrogen-bond donors (Lipinski definition) is 0. The van der Waals surface area contributed by atoms with Crippen LogP contribution in [0.15, 0.2) is 59.1 Å². The van der Waals surface area contributed by atoms with E-state index in [2.05, 4.69) is 58.2 Å². The van der Waals surface area contributed by atoms with Crippen LogP contribution in [0.2, 0.25) is 0 Å². The van der Waals surface area contributed by atoms with E-state index in [1.165, 1.54) is 11.3 Å². The maximum absolute atomic E-state index is 6.21. The third kappa shape index (κ3) is 4.34. The highest BCUT2D eigenvalue weighted by atomic mass is 16.5. The largest absolute Gasteiger partial charge is 0.485 e. The first-order valence-corrected chi connectivity index (χ1v) is 9.76. The van der Waals surface area contributed by atoms with Gasteiger partial charge < -0.3 is 14.2 Å². The molecule has 3 aromatic rings. The summed E-state index contributed by atoms with van der Waals surface area (Å²) in [7, 11) is 2.06. The van der Waals surface area contributed by atoms with Crippen LogP contribution < -0.4 is 9.64 Å². The number of hydrogen-bond acceptors (Lipinski definition) is 6. The molecule has 28 heavy (non-hydrogen) atoms. The molecule has 1 aromatic heterocycles. The van der Waals surface area contributed by atoms with Crippen LogP contribution >= 0.6 is 0 Å². The Morgan fingerprint density at radius 2 is 1.89 bits per heavy atom. The molecule has 0 bridgehead atoms. The van der Waals surface area contributed by atoms with Gasteiger partial charge in [-0.05, 0) is 31.7 Å². The Morgan fingerprint density at radius 1 is 1.11 bits per heavy atom. The number of benzene rings is 2. The lowest BCUT2D eigenvalue weighted by Crippen LogP contribution is -2.45. The molecule has 0 aliphatic carbocycles. The zero-order chi connectivity index (χ0) is 19.3. The van der Waals surface area contributed by atoms with Crippen LogP contribution in [0.25, 0.3) is 0 Å². The summed E-state index contributed by atoms with van der Waals surface area (Å²) in [6.07, 6.45) is 0.786. The van der Waals surface area contributed by atoms with Crippen molar-refractivity contribution in [3.8, 4) is 5.75 Å². The maximum Gasteiger partial charge on any atom is 0.240 e. The normalized spacial score (nSPS) is 16.1. The third-order valence-corrected chi connectivity index (χ3v) is 4.94. The van der Waals surface area contributed by atoms with Crippen molar-refractivity contribution in [2.24, 2.45) is 0 Å². The van der Waals surface area contributed by atoms with Crippen LogP contribution in [0.1, 0.15) is 24.2 Å². The molecular formula is C22H26N4O2. The van der Waals surface area contributed by atoms with Crippen molar-refractivity contribution >= 4 is 5.69 Å². The van der Waals surface area contributed by atoms with Gasteiger partial charge in [-0.2, -0.15) is 4.98 Å². The number of rotatable bonds is 7. The Balaban J connectivity index is 1.34. The van der Waals surface area contributed by atoms with Crippen molar-refractivity contribution < 1.29 is 9.26 Å². The number of aromatic nitrogens is 2. The van der Waals surface area contributed by atoms with E-state index in [4.69, 9.17) is 9.26 Å². The van der Waals surface area contributed by atoms with E-state index in [0.717, 1.165) is 31.2 Å². The lowest BCUT2D eigenvalue weighted by molar-refractivity contribution is 0.133. The molecule has 0 saturated heterocycles. The molecule has 2 aromatic carbocycles. The minimum atomic E-state index is 0.103. The van der Waals surface area contributed by atoms with Gasteiger partial charge in [-0.25, -0.2) is 0 Å². The van der Waals surface area contributed by atoms with E-state index in [9.17, 15) is 0 Å². The molecular weight excluding hydrogens is 352 g/mol. The van der Waals surface area contributed by atoms with E-state index in [1.807, 2.05) is 30.3 Å². The summed E-state index contributed by atoms with van der Waals surface area (Å²) in [5.41, 5.74) is 2.35. The van der Waals surface area contributed by atoms with Gasteiger partial charge in [0.05, 0.1) is 18.8 Å². The molecule has 0 fully saturated rings. The van der Waals surface area contributed by atoms with Crippen LogP contribution in [0.3, 0.4) is 0 Å². The second-order valence-electron chi connectivity index (χ2n) is 7.21. The highest BCUT2D eigenvalue weighted by molar-refractivity contribution is 5.60. The van der Waals surface area contributed by atoms with E-state index >= 15 is 0 Å². The van der Waals surface area contributed by atoms with E-state index < -0.39 is 0 Å². The van der Waals surface area contributed by atoms with Gasteiger partial charge in [0.15, 0.2) is 5.82 Å². The number of likely N-dealkylation sites (N-methyl/N-ethyl adjacent to an activating group) is 2. The van der Waals surface area contributed by atoms with Gasteiger partial charge >= 0.3 is 0 Å². The van der Waals surface area contributed by atoms with Crippen LogP contribution in [-0.2, 0) is 13.0 Å². The molecule has 1 atom stereocenters. The predicted molar refractivity (Wildman–Crippen MR) is 109 cm³/mol. The molecule has 0 N–H and O–H groups in total. The van der Waals surface area contributed by atoms with Gasteiger partial charge in [0.1, 0.15) is 11.9 Å². The molecule has 0 amide bonds. The van der Waals surface area contributed by atoms with Gasteiger partial charge in [-0.1, -0.05) is 47.6 Å². The average molecular weight is 378 g/mol. The van der Waals surface area contributed by atoms with E-state index in [1.54, 1.807) is 0 Å². The fraction of sp³-hybridized carbons (Fsp3) is 0.364. The zero-order valence-corrected chi connectivity index (χ0v) is 16.4. The van der Waals surface area contributed by atoms with Crippen LogP contribution in [-0.4, -0.2) is 47.8 Å². The standard InChI is InChI=1S/C22H26N4O2/c1-3-26-15-18(27-20-12-8-7-11-19(20)26)14-25(2)16-22-23-21(24-28-22)13-17-9-5-4-6-10-17/h4-12,18H,3,13-16H2,1-2H3. The summed E-state index contributed by atoms with van der Waals surface area (Å²) in [6.45, 7) is 5.42. The van der Waals surface area contributed by atoms with Crippen molar-refractivity contribution in [3.05, 3.63) is 71.9 Å². The van der Waals surface area contributed by atoms with Crippen LogP contribution in [0.5, 0.6) is 5.75 Å². The molecule has 1 aliphatic rings. The Kier molecular flexibility index (Phi) is 5.58. The van der Waals surface area contributed by atoms with Gasteiger partial charge in [0, 0.05) is 19.5 Å². The molecule has 0 spiro atoms. The molecule has 1 aliphatic heterocycles. The highest BCUT2D eigenvalue weighted by Crippen LogP contribution is 2.32. The summed E-state index contributed by atoms with van der Waals surface area (Å²) in [6, 6.07) is 18.4. The average Bonchev–Trinajstić information content (AvgIpc) is 3.14. The van der Waals surface area contributed by atoms with Crippen molar-refractivity contribution in [1.82, 2.24) is 15.0 Å². The summed E-state index contributed by atoms with van der Waals surface area (Å²) < 4.78 is 11.6. The Hall–Kier alpha value is -2.86. The summed E-state index contributed by atoms with van der Waals surface area (Å²) in [5.74, 6) is 2.31. The first kappa shape index (κ1) is 18.5. The number of ether oxygens (including phenoxy) is 1. The van der Waals surface area contributed by atoms with Gasteiger partial charge in [-0.3, -0.25) is 4.90 Å². The SMILES string of the molecule is CCN1CC(CN(C)Cc2nc(Cc3ccccc3)no2)Oc2ccccc21. The molecule has 6 heteroatoms. The zero-order valence-electron chi connectivity index (χ0n) is 16.4. The fourth-order valence-corrected chi connectivity index (χ4v) is 3.62. The molecule has 0 saturated carbocycles. The Labute approximate surface area is 165 Å². The quantitative estimate of drug-likeness (QED) is 0.628. The number of nitrogens with zero attached hydrogens (tertiary/aromatic N) is 4. The lowest BCUT2D eigenvalue weighted by Gasteiger charge is -2.37. The predicted octanol–water partition coefficient (Wildman–Crippen LogP) is 3.38. The van der Waals surface area contributed by atoms with Gasteiger partial charge in [0.25, 0.3) is 0 Å². The third-order valence-electron chi connectivity index (χ3n) is 4.94. The Bertz CT molecular complexity index is 896. The van der Waals surface area contributed by atoms with Crippen molar-refractivity contribution in [2.45, 2.75) is 26.0 Å². The molecule has 4 rings (SSSR count). The van der Waals surface area contributed by atoms with Gasteiger partial charge in [-0.15, -0.1) is 0 Å². The second-order valence-corrected chi connectivity index (χ2v) is 7.21. The monoisotopic (exact) mass is 378 g/mol. The minimum absolute atomic E-state index is 0.103. The molecule has 2 heterocycles. The number of fused-ring (bicyclic) bond motifs is 1. The van der Waals surface area contributed by atoms with Crippen LogP contribution in [0, 0.1) is 0 Å².